The quantitative estimate of drug-likeness (QED) is 0.352. The van der Waals surface area contributed by atoms with E-state index < -0.39 is 0 Å². The van der Waals surface area contributed by atoms with Crippen molar-refractivity contribution in [3.63, 3.8) is 0 Å². The third-order valence-electron chi connectivity index (χ3n) is 5.24. The van der Waals surface area contributed by atoms with E-state index in [0.717, 1.165) is 5.56 Å². The van der Waals surface area contributed by atoms with Crippen molar-refractivity contribution in [2.24, 2.45) is 5.92 Å². The van der Waals surface area contributed by atoms with Crippen LogP contribution in [0.15, 0.2) is 95.9 Å². The predicted molar refractivity (Wildman–Crippen MR) is 137 cm³/mol. The fourth-order valence-electron chi connectivity index (χ4n) is 3.40. The predicted octanol–water partition coefficient (Wildman–Crippen LogP) is 5.21. The molecule has 0 aliphatic heterocycles. The molecule has 1 aromatic heterocycles. The molecule has 7 heteroatoms. The van der Waals surface area contributed by atoms with E-state index in [4.69, 9.17) is 4.74 Å². The van der Waals surface area contributed by atoms with E-state index >= 15 is 0 Å². The van der Waals surface area contributed by atoms with Gasteiger partial charge in [-0.15, -0.1) is 0 Å². The van der Waals surface area contributed by atoms with E-state index in [2.05, 4.69) is 15.7 Å². The molecule has 0 aliphatic carbocycles. The van der Waals surface area contributed by atoms with Crippen LogP contribution < -0.4 is 20.9 Å². The first-order chi connectivity index (χ1) is 17.0. The summed E-state index contributed by atoms with van der Waals surface area (Å²) in [7, 11) is 0. The van der Waals surface area contributed by atoms with Crippen molar-refractivity contribution in [1.82, 2.24) is 15.1 Å². The zero-order chi connectivity index (χ0) is 24.6. The highest BCUT2D eigenvalue weighted by molar-refractivity contribution is 5.94. The number of para-hydroxylation sites is 1. The molecule has 7 nitrogen and oxygen atoms in total. The van der Waals surface area contributed by atoms with Crippen LogP contribution in [0.2, 0.25) is 0 Å². The number of aromatic nitrogens is 2. The molecule has 2 N–H and O–H groups in total. The Balaban J connectivity index is 1.62. The van der Waals surface area contributed by atoms with Gasteiger partial charge in [0.25, 0.3) is 11.5 Å². The SMILES string of the molecule is CC(C)CNC(=O)c1ccc(Nc2c(Oc3ccccc3)cnn(Cc3ccccc3)c2=O)cc1. The van der Waals surface area contributed by atoms with Gasteiger partial charge < -0.3 is 15.4 Å². The van der Waals surface area contributed by atoms with Gasteiger partial charge in [-0.1, -0.05) is 62.4 Å². The molecule has 3 aromatic carbocycles. The normalized spacial score (nSPS) is 10.7. The molecule has 0 saturated heterocycles. The highest BCUT2D eigenvalue weighted by Crippen LogP contribution is 2.28. The number of nitrogens with one attached hydrogen (secondary N) is 2. The fraction of sp³-hybridized carbons (Fsp3) is 0.179. The Bertz CT molecular complexity index is 1320. The van der Waals surface area contributed by atoms with Crippen LogP contribution in [0, 0.1) is 5.92 Å². The van der Waals surface area contributed by atoms with Crippen LogP contribution in [0.4, 0.5) is 11.4 Å². The molecule has 35 heavy (non-hydrogen) atoms. The van der Waals surface area contributed by atoms with E-state index in [1.165, 1.54) is 10.9 Å². The van der Waals surface area contributed by atoms with Crippen LogP contribution in [0.1, 0.15) is 29.8 Å². The number of anilines is 2. The Hall–Kier alpha value is -4.39. The summed E-state index contributed by atoms with van der Waals surface area (Å²) in [6.07, 6.45) is 1.54. The lowest BCUT2D eigenvalue weighted by atomic mass is 10.1. The Morgan fingerprint density at radius 3 is 2.26 bits per heavy atom. The average Bonchev–Trinajstić information content (AvgIpc) is 2.88. The second-order valence-electron chi connectivity index (χ2n) is 8.55. The highest BCUT2D eigenvalue weighted by Gasteiger charge is 2.15. The smallest absolute Gasteiger partial charge is 0.294 e. The van der Waals surface area contributed by atoms with E-state index in [9.17, 15) is 9.59 Å². The molecule has 0 aliphatic rings. The molecular weight excluding hydrogens is 440 g/mol. The van der Waals surface area contributed by atoms with Crippen molar-refractivity contribution in [3.8, 4) is 11.5 Å². The third-order valence-corrected chi connectivity index (χ3v) is 5.24. The number of hydrogen-bond donors (Lipinski definition) is 2. The molecule has 0 spiro atoms. The summed E-state index contributed by atoms with van der Waals surface area (Å²) in [4.78, 5) is 25.7. The zero-order valence-electron chi connectivity index (χ0n) is 19.8. The van der Waals surface area contributed by atoms with Crippen molar-refractivity contribution in [1.29, 1.82) is 0 Å². The zero-order valence-corrected chi connectivity index (χ0v) is 19.8. The van der Waals surface area contributed by atoms with E-state index in [1.54, 1.807) is 24.3 Å². The van der Waals surface area contributed by atoms with Crippen LogP contribution in [-0.2, 0) is 6.54 Å². The van der Waals surface area contributed by atoms with Gasteiger partial charge in [-0.3, -0.25) is 9.59 Å². The van der Waals surface area contributed by atoms with Gasteiger partial charge in [-0.05, 0) is 47.9 Å². The van der Waals surface area contributed by atoms with Gasteiger partial charge in [0, 0.05) is 17.8 Å². The standard InChI is InChI=1S/C28H28N4O3/c1-20(2)17-29-27(33)22-13-15-23(16-14-22)31-26-25(35-24-11-7-4-8-12-24)18-30-32(28(26)34)19-21-9-5-3-6-10-21/h3-16,18,20,31H,17,19H2,1-2H3,(H,29,33). The largest absolute Gasteiger partial charge is 0.453 e. The molecule has 1 amide bonds. The molecule has 0 bridgehead atoms. The molecular formula is C28H28N4O3. The summed E-state index contributed by atoms with van der Waals surface area (Å²) in [5.41, 5.74) is 2.10. The van der Waals surface area contributed by atoms with E-state index in [-0.39, 0.29) is 17.2 Å². The summed E-state index contributed by atoms with van der Waals surface area (Å²) in [5.74, 6) is 1.14. The number of rotatable bonds is 9. The average molecular weight is 469 g/mol. The Morgan fingerprint density at radius 1 is 0.943 bits per heavy atom. The molecule has 0 saturated carbocycles. The van der Waals surface area contributed by atoms with Gasteiger partial charge in [0.05, 0.1) is 12.7 Å². The molecule has 0 fully saturated rings. The van der Waals surface area contributed by atoms with E-state index in [1.807, 2.05) is 74.5 Å². The van der Waals surface area contributed by atoms with Crippen LogP contribution >= 0.6 is 0 Å². The summed E-state index contributed by atoms with van der Waals surface area (Å²) in [6.45, 7) is 5.02. The van der Waals surface area contributed by atoms with Crippen molar-refractivity contribution >= 4 is 17.3 Å². The molecule has 1 heterocycles. The topological polar surface area (TPSA) is 85.2 Å². The van der Waals surface area contributed by atoms with Gasteiger partial charge in [0.1, 0.15) is 5.75 Å². The first kappa shape index (κ1) is 23.8. The number of hydrogen-bond acceptors (Lipinski definition) is 5. The van der Waals surface area contributed by atoms with Gasteiger partial charge in [0.15, 0.2) is 11.4 Å². The lowest BCUT2D eigenvalue weighted by molar-refractivity contribution is 0.0949. The van der Waals surface area contributed by atoms with E-state index in [0.29, 0.717) is 41.8 Å². The van der Waals surface area contributed by atoms with Gasteiger partial charge in [-0.2, -0.15) is 5.10 Å². The number of carbonyl (C=O) groups is 1. The summed E-state index contributed by atoms with van der Waals surface area (Å²) < 4.78 is 7.37. The van der Waals surface area contributed by atoms with Crippen LogP contribution in [0.25, 0.3) is 0 Å². The highest BCUT2D eigenvalue weighted by atomic mass is 16.5. The van der Waals surface area contributed by atoms with Crippen LogP contribution in [0.5, 0.6) is 11.5 Å². The maximum absolute atomic E-state index is 13.4. The van der Waals surface area contributed by atoms with Crippen molar-refractivity contribution < 1.29 is 9.53 Å². The summed E-state index contributed by atoms with van der Waals surface area (Å²) in [5, 5.41) is 10.4. The number of carbonyl (C=O) groups excluding carboxylic acids is 1. The van der Waals surface area contributed by atoms with Crippen molar-refractivity contribution in [2.75, 3.05) is 11.9 Å². The second-order valence-corrected chi connectivity index (χ2v) is 8.55. The third kappa shape index (κ3) is 6.35. The first-order valence-corrected chi connectivity index (χ1v) is 11.5. The lowest BCUT2D eigenvalue weighted by Gasteiger charge is -2.15. The van der Waals surface area contributed by atoms with Gasteiger partial charge in [-0.25, -0.2) is 4.68 Å². The summed E-state index contributed by atoms with van der Waals surface area (Å²) >= 11 is 0. The molecule has 178 valence electrons. The lowest BCUT2D eigenvalue weighted by Crippen LogP contribution is -2.27. The minimum Gasteiger partial charge on any atom is -0.453 e. The fourth-order valence-corrected chi connectivity index (χ4v) is 3.40. The molecule has 0 unspecified atom stereocenters. The number of amides is 1. The van der Waals surface area contributed by atoms with Gasteiger partial charge in [0.2, 0.25) is 0 Å². The maximum atomic E-state index is 13.4. The van der Waals surface area contributed by atoms with Crippen molar-refractivity contribution in [3.05, 3.63) is 113 Å². The van der Waals surface area contributed by atoms with Crippen LogP contribution in [-0.4, -0.2) is 22.2 Å². The van der Waals surface area contributed by atoms with Crippen molar-refractivity contribution in [2.45, 2.75) is 20.4 Å². The maximum Gasteiger partial charge on any atom is 0.294 e. The molecule has 0 atom stereocenters. The minimum absolute atomic E-state index is 0.132. The molecule has 4 aromatic rings. The number of nitrogens with zero attached hydrogens (tertiary/aromatic N) is 2. The van der Waals surface area contributed by atoms with Crippen LogP contribution in [0.3, 0.4) is 0 Å². The Kier molecular flexibility index (Phi) is 7.57. The van der Waals surface area contributed by atoms with Gasteiger partial charge >= 0.3 is 0 Å². The molecule has 0 radical (unpaired) electrons. The second kappa shape index (κ2) is 11.2. The Morgan fingerprint density at radius 2 is 1.60 bits per heavy atom. The summed E-state index contributed by atoms with van der Waals surface area (Å²) in [6, 6.07) is 25.8. The first-order valence-electron chi connectivity index (χ1n) is 11.5. The monoisotopic (exact) mass is 468 g/mol. The Labute approximate surface area is 204 Å². The minimum atomic E-state index is -0.318. The number of ether oxygens (including phenoxy) is 1. The molecule has 4 rings (SSSR count). The number of benzene rings is 3.